The van der Waals surface area contributed by atoms with Crippen LogP contribution in [0.15, 0.2) is 24.3 Å². The van der Waals surface area contributed by atoms with E-state index in [0.29, 0.717) is 18.0 Å². The number of nitrogens with two attached hydrogens (primary N) is 1. The minimum atomic E-state index is -0.403. The average molecular weight is 276 g/mol. The van der Waals surface area contributed by atoms with Crippen molar-refractivity contribution in [2.45, 2.75) is 27.2 Å². The highest BCUT2D eigenvalue weighted by atomic mass is 16.1. The minimum absolute atomic E-state index is 0.0227. The van der Waals surface area contributed by atoms with Gasteiger partial charge in [-0.25, -0.2) is 0 Å². The third kappa shape index (κ3) is 5.53. The van der Waals surface area contributed by atoms with Gasteiger partial charge in [0.15, 0.2) is 5.78 Å². The van der Waals surface area contributed by atoms with Gasteiger partial charge in [0.1, 0.15) is 0 Å². The normalized spacial score (nSPS) is 11.1. The number of hydrogen-bond donors (Lipinski definition) is 1. The van der Waals surface area contributed by atoms with Crippen LogP contribution in [-0.2, 0) is 11.2 Å². The Morgan fingerprint density at radius 2 is 1.75 bits per heavy atom. The molecule has 110 valence electrons. The molecule has 0 aliphatic heterocycles. The highest BCUT2D eigenvalue weighted by Crippen LogP contribution is 2.08. The van der Waals surface area contributed by atoms with Gasteiger partial charge in [0.05, 0.1) is 13.1 Å². The predicted molar refractivity (Wildman–Crippen MR) is 80.6 cm³/mol. The zero-order valence-corrected chi connectivity index (χ0v) is 12.6. The summed E-state index contributed by atoms with van der Waals surface area (Å²) in [4.78, 5) is 25.1. The smallest absolute Gasteiger partial charge is 0.231 e. The van der Waals surface area contributed by atoms with Crippen LogP contribution in [-0.4, -0.2) is 36.2 Å². The van der Waals surface area contributed by atoms with Crippen LogP contribution in [0.1, 0.15) is 36.7 Å². The zero-order valence-electron chi connectivity index (χ0n) is 12.6. The van der Waals surface area contributed by atoms with Gasteiger partial charge in [-0.15, -0.1) is 0 Å². The second kappa shape index (κ2) is 7.80. The van der Waals surface area contributed by atoms with Crippen molar-refractivity contribution in [3.8, 4) is 0 Å². The summed E-state index contributed by atoms with van der Waals surface area (Å²) >= 11 is 0. The molecule has 1 amide bonds. The van der Waals surface area contributed by atoms with Crippen molar-refractivity contribution in [1.82, 2.24) is 4.90 Å². The third-order valence-electron chi connectivity index (χ3n) is 3.05. The number of hydrogen-bond acceptors (Lipinski definition) is 3. The number of carbonyl (C=O) groups excluding carboxylic acids is 2. The van der Waals surface area contributed by atoms with Crippen molar-refractivity contribution >= 4 is 11.7 Å². The highest BCUT2D eigenvalue weighted by Gasteiger charge is 2.15. The van der Waals surface area contributed by atoms with Crippen molar-refractivity contribution < 1.29 is 9.59 Å². The van der Waals surface area contributed by atoms with E-state index in [4.69, 9.17) is 5.73 Å². The van der Waals surface area contributed by atoms with Crippen LogP contribution in [0.5, 0.6) is 0 Å². The van der Waals surface area contributed by atoms with Crippen LogP contribution in [0.3, 0.4) is 0 Å². The number of nitrogens with zero attached hydrogens (tertiary/aromatic N) is 1. The lowest BCUT2D eigenvalue weighted by molar-refractivity contribution is -0.119. The summed E-state index contributed by atoms with van der Waals surface area (Å²) in [6.07, 6.45) is 0.954. The van der Waals surface area contributed by atoms with Crippen LogP contribution in [0.4, 0.5) is 0 Å². The fourth-order valence-corrected chi connectivity index (χ4v) is 2.14. The number of ketones is 1. The highest BCUT2D eigenvalue weighted by molar-refractivity contribution is 5.97. The summed E-state index contributed by atoms with van der Waals surface area (Å²) < 4.78 is 0. The third-order valence-corrected chi connectivity index (χ3v) is 3.05. The van der Waals surface area contributed by atoms with Crippen molar-refractivity contribution in [1.29, 1.82) is 0 Å². The first-order valence-corrected chi connectivity index (χ1v) is 7.05. The maximum Gasteiger partial charge on any atom is 0.231 e. The molecule has 1 aromatic rings. The molecule has 0 saturated carbocycles. The molecule has 0 spiro atoms. The van der Waals surface area contributed by atoms with Gasteiger partial charge in [-0.2, -0.15) is 0 Å². The van der Waals surface area contributed by atoms with Crippen molar-refractivity contribution in [3.05, 3.63) is 35.4 Å². The van der Waals surface area contributed by atoms with Crippen molar-refractivity contribution in [2.75, 3.05) is 19.6 Å². The first-order valence-electron chi connectivity index (χ1n) is 7.05. The lowest BCUT2D eigenvalue weighted by Crippen LogP contribution is -2.39. The molecule has 1 rings (SSSR count). The van der Waals surface area contributed by atoms with E-state index in [1.807, 2.05) is 29.2 Å². The molecular weight excluding hydrogens is 252 g/mol. The molecule has 2 N–H and O–H groups in total. The van der Waals surface area contributed by atoms with E-state index in [1.165, 1.54) is 5.56 Å². The lowest BCUT2D eigenvalue weighted by Gasteiger charge is -2.21. The van der Waals surface area contributed by atoms with E-state index in [0.717, 1.165) is 6.42 Å². The Bertz CT molecular complexity index is 452. The first-order chi connectivity index (χ1) is 9.42. The molecule has 1 aromatic carbocycles. The average Bonchev–Trinajstić information content (AvgIpc) is 2.37. The molecule has 0 aliphatic carbocycles. The molecule has 0 saturated heterocycles. The lowest BCUT2D eigenvalue weighted by atomic mass is 10.1. The van der Waals surface area contributed by atoms with Gasteiger partial charge in [0.25, 0.3) is 0 Å². The molecule has 4 nitrogen and oxygen atoms in total. The molecule has 0 bridgehead atoms. The second-order valence-corrected chi connectivity index (χ2v) is 5.50. The molecule has 4 heteroatoms. The Morgan fingerprint density at radius 1 is 1.15 bits per heavy atom. The summed E-state index contributed by atoms with van der Waals surface area (Å²) in [6, 6.07) is 7.63. The molecule has 0 fully saturated rings. The number of amides is 1. The number of carbonyl (C=O) groups is 2. The van der Waals surface area contributed by atoms with Crippen LogP contribution >= 0.6 is 0 Å². The van der Waals surface area contributed by atoms with E-state index >= 15 is 0 Å². The fraction of sp³-hybridized carbons (Fsp3) is 0.500. The number of benzene rings is 1. The number of primary amides is 1. The van der Waals surface area contributed by atoms with Gasteiger partial charge < -0.3 is 5.73 Å². The monoisotopic (exact) mass is 276 g/mol. The van der Waals surface area contributed by atoms with E-state index in [9.17, 15) is 9.59 Å². The van der Waals surface area contributed by atoms with Crippen molar-refractivity contribution in [3.63, 3.8) is 0 Å². The SMILES string of the molecule is CCc1ccc(C(=O)CN(CC(N)=O)CC(C)C)cc1. The quantitative estimate of drug-likeness (QED) is 0.737. The molecule has 0 aromatic heterocycles. The summed E-state index contributed by atoms with van der Waals surface area (Å²) in [5, 5.41) is 0. The maximum atomic E-state index is 12.2. The molecule has 0 atom stereocenters. The number of Topliss-reactive ketones (excluding diaryl/α,β-unsaturated/α-hetero) is 1. The molecular formula is C16H24N2O2. The largest absolute Gasteiger partial charge is 0.369 e. The fourth-order valence-electron chi connectivity index (χ4n) is 2.14. The van der Waals surface area contributed by atoms with E-state index in [2.05, 4.69) is 20.8 Å². The standard InChI is InChI=1S/C16H24N2O2/c1-4-13-5-7-14(8-6-13)15(19)10-18(9-12(2)3)11-16(17)20/h5-8,12H,4,9-11H2,1-3H3,(H2,17,20). The summed E-state index contributed by atoms with van der Waals surface area (Å²) in [7, 11) is 0. The Labute approximate surface area is 121 Å². The Kier molecular flexibility index (Phi) is 6.39. The van der Waals surface area contributed by atoms with E-state index < -0.39 is 5.91 Å². The van der Waals surface area contributed by atoms with Gasteiger partial charge in [-0.3, -0.25) is 14.5 Å². The summed E-state index contributed by atoms with van der Waals surface area (Å²) in [5.41, 5.74) is 7.12. The Balaban J connectivity index is 2.70. The van der Waals surface area contributed by atoms with Crippen molar-refractivity contribution in [2.24, 2.45) is 11.7 Å². The van der Waals surface area contributed by atoms with Crippen LogP contribution in [0, 0.1) is 5.92 Å². The predicted octanol–water partition coefficient (Wildman–Crippen LogP) is 1.87. The second-order valence-electron chi connectivity index (χ2n) is 5.50. The molecule has 0 heterocycles. The van der Waals surface area contributed by atoms with Gasteiger partial charge in [-0.05, 0) is 17.9 Å². The Morgan fingerprint density at radius 3 is 2.20 bits per heavy atom. The van der Waals surface area contributed by atoms with Gasteiger partial charge in [-0.1, -0.05) is 45.0 Å². The van der Waals surface area contributed by atoms with E-state index in [1.54, 1.807) is 0 Å². The minimum Gasteiger partial charge on any atom is -0.369 e. The first kappa shape index (κ1) is 16.4. The summed E-state index contributed by atoms with van der Waals surface area (Å²) in [5.74, 6) is -0.000971. The molecule has 0 unspecified atom stereocenters. The zero-order chi connectivity index (χ0) is 15.1. The van der Waals surface area contributed by atoms with Gasteiger partial charge in [0, 0.05) is 12.1 Å². The number of aryl methyl sites for hydroxylation is 1. The van der Waals surface area contributed by atoms with Crippen LogP contribution in [0.25, 0.3) is 0 Å². The molecule has 0 aliphatic rings. The number of rotatable bonds is 8. The summed E-state index contributed by atoms with van der Waals surface area (Å²) in [6.45, 7) is 7.21. The van der Waals surface area contributed by atoms with Gasteiger partial charge >= 0.3 is 0 Å². The van der Waals surface area contributed by atoms with Gasteiger partial charge in [0.2, 0.25) is 5.91 Å². The Hall–Kier alpha value is -1.68. The molecule has 20 heavy (non-hydrogen) atoms. The topological polar surface area (TPSA) is 63.4 Å². The van der Waals surface area contributed by atoms with E-state index in [-0.39, 0.29) is 18.9 Å². The van der Waals surface area contributed by atoms with Crippen LogP contribution < -0.4 is 5.73 Å². The molecule has 0 radical (unpaired) electrons. The van der Waals surface area contributed by atoms with Crippen LogP contribution in [0.2, 0.25) is 0 Å². The maximum absolute atomic E-state index is 12.2.